The van der Waals surface area contributed by atoms with Crippen LogP contribution in [0.5, 0.6) is 11.5 Å². The summed E-state index contributed by atoms with van der Waals surface area (Å²) in [5.41, 5.74) is 2.05. The number of hydrogen-bond acceptors (Lipinski definition) is 10. The van der Waals surface area contributed by atoms with Gasteiger partial charge in [0.15, 0.2) is 27.4 Å². The van der Waals surface area contributed by atoms with E-state index in [4.69, 9.17) is 13.9 Å². The second kappa shape index (κ2) is 13.6. The van der Waals surface area contributed by atoms with Crippen LogP contribution in [0.4, 0.5) is 5.13 Å². The molecule has 0 radical (unpaired) electrons. The van der Waals surface area contributed by atoms with E-state index in [0.717, 1.165) is 30.2 Å². The van der Waals surface area contributed by atoms with Crippen molar-refractivity contribution in [3.63, 3.8) is 0 Å². The molecule has 1 atom stereocenters. The lowest BCUT2D eigenvalue weighted by molar-refractivity contribution is -0.117. The molecule has 3 heterocycles. The SMILES string of the molecule is CCCCCOc1ccc(C2C(C(=O)c3cc4ccccc4o3)=C(O)C(=O)N2c2nnc(SCc3ccccc3)s2)cc1OC. The third-order valence-electron chi connectivity index (χ3n) is 7.42. The Bertz CT molecular complexity index is 1830. The molecule has 1 N–H and O–H groups in total. The number of aromatic nitrogens is 2. The molecule has 45 heavy (non-hydrogen) atoms. The monoisotopic (exact) mass is 641 g/mol. The molecule has 5 aromatic rings. The van der Waals surface area contributed by atoms with Gasteiger partial charge in [0.25, 0.3) is 5.91 Å². The summed E-state index contributed by atoms with van der Waals surface area (Å²) in [6.07, 6.45) is 3.02. The topological polar surface area (TPSA) is 115 Å². The molecular weight excluding hydrogens is 611 g/mol. The number of thioether (sulfide) groups is 1. The minimum absolute atomic E-state index is 0.0108. The standard InChI is InChI=1S/C34H31N3O6S2/c1-3-4-10-17-42-25-16-15-23(19-26(25)41-2)29-28(30(38)27-18-22-13-8-9-14-24(22)43-27)31(39)32(40)37(29)33-35-36-34(45-33)44-20-21-11-6-5-7-12-21/h5-9,11-16,18-19,29,39H,3-4,10,17,20H2,1-2H3. The zero-order valence-electron chi connectivity index (χ0n) is 24.8. The van der Waals surface area contributed by atoms with Gasteiger partial charge >= 0.3 is 0 Å². The molecule has 1 amide bonds. The van der Waals surface area contributed by atoms with Crippen molar-refractivity contribution in [3.8, 4) is 11.5 Å². The first kappa shape index (κ1) is 30.4. The number of ether oxygens (including phenoxy) is 2. The molecule has 2 aromatic heterocycles. The molecule has 0 fully saturated rings. The van der Waals surface area contributed by atoms with Gasteiger partial charge in [0.1, 0.15) is 5.58 Å². The fourth-order valence-electron chi connectivity index (χ4n) is 5.16. The number of carbonyl (C=O) groups excluding carboxylic acids is 2. The molecule has 9 nitrogen and oxygen atoms in total. The number of anilines is 1. The zero-order chi connectivity index (χ0) is 31.3. The first-order valence-electron chi connectivity index (χ1n) is 14.6. The Morgan fingerprint density at radius 1 is 1.02 bits per heavy atom. The lowest BCUT2D eigenvalue weighted by Gasteiger charge is -2.24. The highest BCUT2D eigenvalue weighted by atomic mass is 32.2. The Labute approximate surface area is 268 Å². The van der Waals surface area contributed by atoms with Crippen molar-refractivity contribution >= 4 is 50.9 Å². The van der Waals surface area contributed by atoms with Gasteiger partial charge in [-0.2, -0.15) is 0 Å². The van der Waals surface area contributed by atoms with E-state index in [1.807, 2.05) is 48.5 Å². The van der Waals surface area contributed by atoms with E-state index in [0.29, 0.717) is 39.3 Å². The number of methoxy groups -OCH3 is 1. The molecule has 1 unspecified atom stereocenters. The van der Waals surface area contributed by atoms with Crippen LogP contribution in [-0.2, 0) is 10.5 Å². The largest absolute Gasteiger partial charge is 0.503 e. The Morgan fingerprint density at radius 3 is 2.60 bits per heavy atom. The third kappa shape index (κ3) is 6.31. The van der Waals surface area contributed by atoms with Crippen LogP contribution in [-0.4, -0.2) is 40.7 Å². The minimum Gasteiger partial charge on any atom is -0.503 e. The van der Waals surface area contributed by atoms with Crippen LogP contribution in [0, 0.1) is 0 Å². The number of amides is 1. The fourth-order valence-corrected chi connectivity index (χ4v) is 6.99. The summed E-state index contributed by atoms with van der Waals surface area (Å²) in [4.78, 5) is 29.1. The number of unbranched alkanes of at least 4 members (excludes halogenated alkanes) is 2. The second-order valence-electron chi connectivity index (χ2n) is 10.4. The van der Waals surface area contributed by atoms with Gasteiger partial charge in [0.05, 0.1) is 25.3 Å². The van der Waals surface area contributed by atoms with Crippen molar-refractivity contribution in [2.24, 2.45) is 0 Å². The molecule has 6 rings (SSSR count). The van der Waals surface area contributed by atoms with Crippen molar-refractivity contribution in [2.45, 2.75) is 42.3 Å². The fraction of sp³-hybridized carbons (Fsp3) is 0.235. The lowest BCUT2D eigenvalue weighted by atomic mass is 9.95. The van der Waals surface area contributed by atoms with Crippen LogP contribution in [0.3, 0.4) is 0 Å². The zero-order valence-corrected chi connectivity index (χ0v) is 26.4. The Morgan fingerprint density at radius 2 is 1.82 bits per heavy atom. The van der Waals surface area contributed by atoms with Gasteiger partial charge in [-0.05, 0) is 41.8 Å². The molecule has 0 saturated heterocycles. The van der Waals surface area contributed by atoms with E-state index in [1.165, 1.54) is 35.1 Å². The van der Waals surface area contributed by atoms with E-state index < -0.39 is 23.5 Å². The van der Waals surface area contributed by atoms with Crippen molar-refractivity contribution in [3.05, 3.63) is 107 Å². The van der Waals surface area contributed by atoms with Crippen molar-refractivity contribution in [1.29, 1.82) is 0 Å². The number of nitrogens with zero attached hydrogens (tertiary/aromatic N) is 3. The molecular formula is C34H31N3O6S2. The molecule has 1 aliphatic heterocycles. The normalized spacial score (nSPS) is 14.8. The summed E-state index contributed by atoms with van der Waals surface area (Å²) in [6.45, 7) is 2.66. The third-order valence-corrected chi connectivity index (χ3v) is 9.54. The summed E-state index contributed by atoms with van der Waals surface area (Å²) in [6, 6.07) is 23.0. The van der Waals surface area contributed by atoms with Gasteiger partial charge in [0.2, 0.25) is 10.9 Å². The Balaban J connectivity index is 1.37. The number of furan rings is 1. The van der Waals surface area contributed by atoms with Crippen LogP contribution in [0.2, 0.25) is 0 Å². The summed E-state index contributed by atoms with van der Waals surface area (Å²) >= 11 is 2.70. The number of para-hydroxylation sites is 1. The first-order valence-corrected chi connectivity index (χ1v) is 16.4. The predicted molar refractivity (Wildman–Crippen MR) is 174 cm³/mol. The van der Waals surface area contributed by atoms with E-state index in [1.54, 1.807) is 30.3 Å². The first-order chi connectivity index (χ1) is 22.0. The maximum absolute atomic E-state index is 14.0. The highest BCUT2D eigenvalue weighted by Gasteiger charge is 2.47. The van der Waals surface area contributed by atoms with E-state index in [2.05, 4.69) is 17.1 Å². The minimum atomic E-state index is -1.03. The predicted octanol–water partition coefficient (Wildman–Crippen LogP) is 7.94. The lowest BCUT2D eigenvalue weighted by Crippen LogP contribution is -2.31. The summed E-state index contributed by atoms with van der Waals surface area (Å²) < 4.78 is 18.1. The Hall–Kier alpha value is -4.61. The second-order valence-corrected chi connectivity index (χ2v) is 12.6. The smallest absolute Gasteiger partial charge is 0.296 e. The number of carbonyl (C=O) groups is 2. The van der Waals surface area contributed by atoms with Crippen LogP contribution in [0.15, 0.2) is 99.0 Å². The van der Waals surface area contributed by atoms with E-state index >= 15 is 0 Å². The average Bonchev–Trinajstić information content (AvgIpc) is 3.79. The number of rotatable bonds is 13. The number of Topliss-reactive ketones (excluding diaryl/α,β-unsaturated/α-hetero) is 1. The van der Waals surface area contributed by atoms with Gasteiger partial charge in [-0.3, -0.25) is 14.5 Å². The summed E-state index contributed by atoms with van der Waals surface area (Å²) in [5, 5.41) is 20.9. The molecule has 11 heteroatoms. The number of aliphatic hydroxyl groups is 1. The van der Waals surface area contributed by atoms with Crippen molar-refractivity contribution in [2.75, 3.05) is 18.6 Å². The molecule has 0 saturated carbocycles. The van der Waals surface area contributed by atoms with E-state index in [-0.39, 0.29) is 16.5 Å². The number of ketones is 1. The van der Waals surface area contributed by atoms with Gasteiger partial charge < -0.3 is 19.0 Å². The van der Waals surface area contributed by atoms with Crippen LogP contribution in [0.25, 0.3) is 11.0 Å². The van der Waals surface area contributed by atoms with Gasteiger partial charge in [-0.1, -0.05) is 97.5 Å². The van der Waals surface area contributed by atoms with Gasteiger partial charge in [0, 0.05) is 11.1 Å². The maximum atomic E-state index is 14.0. The molecule has 0 aliphatic carbocycles. The van der Waals surface area contributed by atoms with Crippen LogP contribution in [0.1, 0.15) is 53.9 Å². The van der Waals surface area contributed by atoms with Gasteiger partial charge in [-0.15, -0.1) is 10.2 Å². The molecule has 230 valence electrons. The quantitative estimate of drug-likeness (QED) is 0.0592. The molecule has 0 spiro atoms. The summed E-state index contributed by atoms with van der Waals surface area (Å²) in [5.74, 6) is -0.365. The molecule has 0 bridgehead atoms. The number of aliphatic hydroxyl groups excluding tert-OH is 1. The Kier molecular flexibility index (Phi) is 9.18. The van der Waals surface area contributed by atoms with Crippen LogP contribution >= 0.6 is 23.1 Å². The van der Waals surface area contributed by atoms with Crippen LogP contribution < -0.4 is 14.4 Å². The summed E-state index contributed by atoms with van der Waals surface area (Å²) in [7, 11) is 1.53. The molecule has 3 aromatic carbocycles. The van der Waals surface area contributed by atoms with Crippen molar-refractivity contribution < 1.29 is 28.6 Å². The molecule has 1 aliphatic rings. The highest BCUT2D eigenvalue weighted by Crippen LogP contribution is 2.46. The number of benzene rings is 3. The van der Waals surface area contributed by atoms with Gasteiger partial charge in [-0.25, -0.2) is 0 Å². The number of fused-ring (bicyclic) bond motifs is 1. The van der Waals surface area contributed by atoms with Crippen molar-refractivity contribution in [1.82, 2.24) is 10.2 Å². The van der Waals surface area contributed by atoms with E-state index in [9.17, 15) is 14.7 Å². The number of hydrogen-bond donors (Lipinski definition) is 1. The average molecular weight is 642 g/mol. The highest BCUT2D eigenvalue weighted by molar-refractivity contribution is 8.00. The maximum Gasteiger partial charge on any atom is 0.296 e.